The topological polar surface area (TPSA) is 52.7 Å². The zero-order valence-electron chi connectivity index (χ0n) is 17.4. The van der Waals surface area contributed by atoms with Crippen LogP contribution in [0.3, 0.4) is 0 Å². The minimum absolute atomic E-state index is 0.00478. The third-order valence-corrected chi connectivity index (χ3v) is 6.83. The monoisotopic (exact) mass is 489 g/mol. The van der Waals surface area contributed by atoms with Gasteiger partial charge in [0.15, 0.2) is 0 Å². The molecule has 2 aromatic rings. The van der Waals surface area contributed by atoms with Gasteiger partial charge in [0.1, 0.15) is 0 Å². The van der Waals surface area contributed by atoms with Gasteiger partial charge in [-0.1, -0.05) is 41.1 Å². The van der Waals surface area contributed by atoms with Gasteiger partial charge in [0.25, 0.3) is 0 Å². The van der Waals surface area contributed by atoms with E-state index in [0.717, 1.165) is 27.0 Å². The molecule has 0 bridgehead atoms. The Morgan fingerprint density at radius 2 is 1.73 bits per heavy atom. The van der Waals surface area contributed by atoms with E-state index in [9.17, 15) is 9.59 Å². The SMILES string of the molecule is CCc1ccccc1NC(=O)CN1CCN(C(=O)C(C)Sc2ccc(Br)cc2)CC1. The molecule has 5 nitrogen and oxygen atoms in total. The van der Waals surface area contributed by atoms with Crippen LogP contribution in [0.1, 0.15) is 19.4 Å². The minimum atomic E-state index is -0.133. The summed E-state index contributed by atoms with van der Waals surface area (Å²) in [6.45, 7) is 7.13. The summed E-state index contributed by atoms with van der Waals surface area (Å²) in [6.07, 6.45) is 0.883. The number of hydrogen-bond acceptors (Lipinski definition) is 4. The largest absolute Gasteiger partial charge is 0.339 e. The van der Waals surface area contributed by atoms with Crippen LogP contribution in [-0.4, -0.2) is 59.6 Å². The number of rotatable bonds is 7. The van der Waals surface area contributed by atoms with Gasteiger partial charge in [-0.15, -0.1) is 11.8 Å². The van der Waals surface area contributed by atoms with Crippen molar-refractivity contribution in [3.8, 4) is 0 Å². The van der Waals surface area contributed by atoms with E-state index in [1.807, 2.05) is 60.4 Å². The van der Waals surface area contributed by atoms with E-state index in [-0.39, 0.29) is 17.1 Å². The van der Waals surface area contributed by atoms with Crippen molar-refractivity contribution in [3.63, 3.8) is 0 Å². The third-order valence-electron chi connectivity index (χ3n) is 5.20. The van der Waals surface area contributed by atoms with Gasteiger partial charge in [-0.2, -0.15) is 0 Å². The van der Waals surface area contributed by atoms with Gasteiger partial charge in [0.2, 0.25) is 11.8 Å². The first kappa shape index (κ1) is 22.8. The predicted molar refractivity (Wildman–Crippen MR) is 127 cm³/mol. The summed E-state index contributed by atoms with van der Waals surface area (Å²) >= 11 is 5.01. The maximum atomic E-state index is 12.8. The predicted octanol–water partition coefficient (Wildman–Crippen LogP) is 4.28. The number of hydrogen-bond donors (Lipinski definition) is 1. The highest BCUT2D eigenvalue weighted by molar-refractivity contribution is 9.10. The second-order valence-electron chi connectivity index (χ2n) is 7.37. The van der Waals surface area contributed by atoms with Crippen LogP contribution in [0, 0.1) is 0 Å². The number of nitrogens with one attached hydrogen (secondary N) is 1. The molecule has 1 saturated heterocycles. The molecule has 1 N–H and O–H groups in total. The number of carbonyl (C=O) groups is 2. The molecule has 0 saturated carbocycles. The first-order chi connectivity index (χ1) is 14.5. The first-order valence-electron chi connectivity index (χ1n) is 10.3. The normalized spacial score (nSPS) is 15.6. The van der Waals surface area contributed by atoms with E-state index in [2.05, 4.69) is 33.1 Å². The Labute approximate surface area is 191 Å². The zero-order valence-corrected chi connectivity index (χ0v) is 19.8. The van der Waals surface area contributed by atoms with Crippen LogP contribution in [0.4, 0.5) is 5.69 Å². The fourth-order valence-electron chi connectivity index (χ4n) is 3.49. The van der Waals surface area contributed by atoms with Gasteiger partial charge in [0, 0.05) is 41.2 Å². The Hall–Kier alpha value is -1.83. The van der Waals surface area contributed by atoms with Crippen molar-refractivity contribution >= 4 is 45.2 Å². The van der Waals surface area contributed by atoms with Crippen LogP contribution in [0.15, 0.2) is 57.9 Å². The van der Waals surface area contributed by atoms with Crippen LogP contribution in [0.2, 0.25) is 0 Å². The standard InChI is InChI=1S/C23H28BrN3O2S/c1-3-18-6-4-5-7-21(18)25-22(28)16-26-12-14-27(15-13-26)23(29)17(2)30-20-10-8-19(24)9-11-20/h4-11,17H,3,12-16H2,1-2H3,(H,25,28). The number of amides is 2. The molecule has 0 aliphatic carbocycles. The van der Waals surface area contributed by atoms with Crippen molar-refractivity contribution in [1.29, 1.82) is 0 Å². The fourth-order valence-corrected chi connectivity index (χ4v) is 4.71. The highest BCUT2D eigenvalue weighted by Crippen LogP contribution is 2.26. The van der Waals surface area contributed by atoms with Gasteiger partial charge >= 0.3 is 0 Å². The van der Waals surface area contributed by atoms with E-state index >= 15 is 0 Å². The number of halogens is 1. The second kappa shape index (κ2) is 11.0. The van der Waals surface area contributed by atoms with Crippen molar-refractivity contribution < 1.29 is 9.59 Å². The molecule has 1 heterocycles. The number of benzene rings is 2. The van der Waals surface area contributed by atoms with Crippen molar-refractivity contribution in [2.45, 2.75) is 30.4 Å². The van der Waals surface area contributed by atoms with E-state index < -0.39 is 0 Å². The molecule has 0 spiro atoms. The Balaban J connectivity index is 1.45. The number of thioether (sulfide) groups is 1. The van der Waals surface area contributed by atoms with Crippen LogP contribution in [-0.2, 0) is 16.0 Å². The number of aryl methyl sites for hydroxylation is 1. The Morgan fingerprint density at radius 3 is 2.40 bits per heavy atom. The van der Waals surface area contributed by atoms with Crippen molar-refractivity contribution in [1.82, 2.24) is 9.80 Å². The molecule has 1 unspecified atom stereocenters. The quantitative estimate of drug-likeness (QED) is 0.589. The van der Waals surface area contributed by atoms with Gasteiger partial charge in [-0.05, 0) is 49.2 Å². The highest BCUT2D eigenvalue weighted by Gasteiger charge is 2.26. The van der Waals surface area contributed by atoms with Crippen molar-refractivity contribution in [2.24, 2.45) is 0 Å². The molecule has 7 heteroatoms. The molecule has 2 aromatic carbocycles. The molecule has 2 amide bonds. The van der Waals surface area contributed by atoms with Crippen LogP contribution in [0.5, 0.6) is 0 Å². The molecule has 30 heavy (non-hydrogen) atoms. The van der Waals surface area contributed by atoms with E-state index in [1.54, 1.807) is 11.8 Å². The summed E-state index contributed by atoms with van der Waals surface area (Å²) in [5.41, 5.74) is 2.02. The Morgan fingerprint density at radius 1 is 1.07 bits per heavy atom. The van der Waals surface area contributed by atoms with Gasteiger partial charge < -0.3 is 10.2 Å². The van der Waals surface area contributed by atoms with E-state index in [4.69, 9.17) is 0 Å². The lowest BCUT2D eigenvalue weighted by Gasteiger charge is -2.35. The first-order valence-corrected chi connectivity index (χ1v) is 11.9. The molecular weight excluding hydrogens is 462 g/mol. The molecular formula is C23H28BrN3O2S. The average molecular weight is 490 g/mol. The minimum Gasteiger partial charge on any atom is -0.339 e. The molecule has 1 atom stereocenters. The van der Waals surface area contributed by atoms with E-state index in [0.29, 0.717) is 32.7 Å². The number of para-hydroxylation sites is 1. The smallest absolute Gasteiger partial charge is 0.238 e. The molecule has 160 valence electrons. The number of carbonyl (C=O) groups excluding carboxylic acids is 2. The second-order valence-corrected chi connectivity index (χ2v) is 9.70. The number of piperazine rings is 1. The third kappa shape index (κ3) is 6.33. The van der Waals surface area contributed by atoms with Crippen LogP contribution < -0.4 is 5.32 Å². The van der Waals surface area contributed by atoms with Crippen molar-refractivity contribution in [3.05, 3.63) is 58.6 Å². The zero-order chi connectivity index (χ0) is 21.5. The van der Waals surface area contributed by atoms with Crippen molar-refractivity contribution in [2.75, 3.05) is 38.0 Å². The summed E-state index contributed by atoms with van der Waals surface area (Å²) in [7, 11) is 0. The number of nitrogens with zero attached hydrogens (tertiary/aromatic N) is 2. The lowest BCUT2D eigenvalue weighted by molar-refractivity contribution is -0.132. The molecule has 1 aliphatic rings. The summed E-state index contributed by atoms with van der Waals surface area (Å²) in [5, 5.41) is 2.89. The van der Waals surface area contributed by atoms with Crippen LogP contribution >= 0.6 is 27.7 Å². The number of anilines is 1. The molecule has 1 aliphatic heterocycles. The lowest BCUT2D eigenvalue weighted by Crippen LogP contribution is -2.52. The maximum absolute atomic E-state index is 12.8. The van der Waals surface area contributed by atoms with Gasteiger partial charge in [-0.25, -0.2) is 0 Å². The van der Waals surface area contributed by atoms with Gasteiger partial charge in [0.05, 0.1) is 11.8 Å². The Kier molecular flexibility index (Phi) is 8.36. The maximum Gasteiger partial charge on any atom is 0.238 e. The molecule has 3 rings (SSSR count). The summed E-state index contributed by atoms with van der Waals surface area (Å²) < 4.78 is 1.03. The summed E-state index contributed by atoms with van der Waals surface area (Å²) in [6, 6.07) is 15.9. The molecule has 0 radical (unpaired) electrons. The lowest BCUT2D eigenvalue weighted by atomic mass is 10.1. The average Bonchev–Trinajstić information content (AvgIpc) is 2.75. The Bertz CT molecular complexity index is 867. The summed E-state index contributed by atoms with van der Waals surface area (Å²) in [5.74, 6) is 0.152. The fraction of sp³-hybridized carbons (Fsp3) is 0.391. The molecule has 1 fully saturated rings. The van der Waals surface area contributed by atoms with E-state index in [1.165, 1.54) is 0 Å². The molecule has 0 aromatic heterocycles. The highest BCUT2D eigenvalue weighted by atomic mass is 79.9. The summed E-state index contributed by atoms with van der Waals surface area (Å²) in [4.78, 5) is 30.4. The van der Waals surface area contributed by atoms with Gasteiger partial charge in [-0.3, -0.25) is 14.5 Å². The van der Waals surface area contributed by atoms with Crippen LogP contribution in [0.25, 0.3) is 0 Å².